The molecule has 24 heavy (non-hydrogen) atoms. The van der Waals surface area contributed by atoms with Crippen LogP contribution in [0.3, 0.4) is 0 Å². The Morgan fingerprint density at radius 3 is 2.62 bits per heavy atom. The number of ether oxygens (including phenoxy) is 1. The van der Waals surface area contributed by atoms with Crippen LogP contribution in [0, 0.1) is 5.82 Å². The van der Waals surface area contributed by atoms with E-state index in [0.717, 1.165) is 43.3 Å². The fraction of sp³-hybridized carbons (Fsp3) is 0.312. The third-order valence-corrected chi connectivity index (χ3v) is 4.25. The predicted octanol–water partition coefficient (Wildman–Crippen LogP) is 1.60. The molecule has 0 unspecified atom stereocenters. The smallest absolute Gasteiger partial charge is 0.177 e. The van der Waals surface area contributed by atoms with Crippen LogP contribution in [-0.4, -0.2) is 53.1 Å². The van der Waals surface area contributed by atoms with Crippen molar-refractivity contribution in [2.75, 3.05) is 43.1 Å². The summed E-state index contributed by atoms with van der Waals surface area (Å²) in [7, 11) is 1.48. The first-order valence-corrected chi connectivity index (χ1v) is 7.75. The second-order valence-corrected chi connectivity index (χ2v) is 5.62. The lowest BCUT2D eigenvalue weighted by Gasteiger charge is -2.36. The Hall–Kier alpha value is -2.90. The highest BCUT2D eigenvalue weighted by Gasteiger charge is 2.19. The molecule has 8 heteroatoms. The van der Waals surface area contributed by atoms with Gasteiger partial charge in [0.25, 0.3) is 0 Å². The van der Waals surface area contributed by atoms with Crippen LogP contribution < -0.4 is 14.5 Å². The lowest BCUT2D eigenvalue weighted by molar-refractivity contribution is 0.386. The number of aromatic nitrogens is 4. The average molecular weight is 328 g/mol. The number of nitrogens with zero attached hydrogens (tertiary/aromatic N) is 6. The summed E-state index contributed by atoms with van der Waals surface area (Å²) in [5.74, 6) is 0.833. The number of anilines is 2. The molecule has 0 N–H and O–H groups in total. The van der Waals surface area contributed by atoms with Gasteiger partial charge in [0, 0.05) is 37.9 Å². The Morgan fingerprint density at radius 2 is 1.83 bits per heavy atom. The molecule has 0 atom stereocenters. The third-order valence-electron chi connectivity index (χ3n) is 4.25. The Kier molecular flexibility index (Phi) is 3.64. The molecular formula is C16H17FN6O. The van der Waals surface area contributed by atoms with Crippen LogP contribution in [0.2, 0.25) is 0 Å². The second kappa shape index (κ2) is 5.95. The summed E-state index contributed by atoms with van der Waals surface area (Å²) >= 11 is 0. The molecule has 2 aromatic heterocycles. The molecule has 0 bridgehead atoms. The van der Waals surface area contributed by atoms with Crippen LogP contribution in [0.5, 0.6) is 5.75 Å². The van der Waals surface area contributed by atoms with Gasteiger partial charge in [-0.3, -0.25) is 0 Å². The zero-order chi connectivity index (χ0) is 16.5. The summed E-state index contributed by atoms with van der Waals surface area (Å²) in [5.41, 5.74) is 1.70. The molecule has 0 saturated carbocycles. The first-order chi connectivity index (χ1) is 11.7. The number of hydrogen-bond donors (Lipinski definition) is 0. The summed E-state index contributed by atoms with van der Waals surface area (Å²) in [5, 5.41) is 12.3. The molecule has 0 radical (unpaired) electrons. The molecule has 124 valence electrons. The van der Waals surface area contributed by atoms with Crippen molar-refractivity contribution in [2.45, 2.75) is 0 Å². The molecule has 1 aromatic carbocycles. The van der Waals surface area contributed by atoms with E-state index in [1.807, 2.05) is 12.1 Å². The summed E-state index contributed by atoms with van der Waals surface area (Å²) in [6.45, 7) is 3.33. The quantitative estimate of drug-likeness (QED) is 0.728. The Labute approximate surface area is 138 Å². The van der Waals surface area contributed by atoms with Gasteiger partial charge in [0.05, 0.1) is 7.11 Å². The number of halogens is 1. The number of rotatable bonds is 3. The van der Waals surface area contributed by atoms with Gasteiger partial charge in [-0.25, -0.2) is 4.39 Å². The average Bonchev–Trinajstić information content (AvgIpc) is 3.10. The van der Waals surface area contributed by atoms with Crippen molar-refractivity contribution >= 4 is 17.2 Å². The van der Waals surface area contributed by atoms with Crippen LogP contribution in [0.1, 0.15) is 0 Å². The molecule has 1 saturated heterocycles. The van der Waals surface area contributed by atoms with Crippen molar-refractivity contribution in [1.29, 1.82) is 0 Å². The monoisotopic (exact) mass is 328 g/mol. The number of methoxy groups -OCH3 is 1. The van der Waals surface area contributed by atoms with Crippen LogP contribution in [0.4, 0.5) is 15.9 Å². The highest BCUT2D eigenvalue weighted by molar-refractivity contribution is 5.53. The standard InChI is InChI=1S/C16H17FN6O/c1-24-14-10-12(2-3-13(14)17)21-6-8-22(9-7-21)16-5-4-15-19-18-11-23(15)20-16/h2-5,10-11H,6-9H2,1H3. The summed E-state index contributed by atoms with van der Waals surface area (Å²) in [6.07, 6.45) is 1.60. The first-order valence-electron chi connectivity index (χ1n) is 7.75. The highest BCUT2D eigenvalue weighted by Crippen LogP contribution is 2.26. The van der Waals surface area contributed by atoms with E-state index in [2.05, 4.69) is 25.1 Å². The maximum atomic E-state index is 13.5. The molecule has 3 heterocycles. The summed E-state index contributed by atoms with van der Waals surface area (Å²) < 4.78 is 20.3. The fourth-order valence-electron chi connectivity index (χ4n) is 2.93. The molecular weight excluding hydrogens is 311 g/mol. The van der Waals surface area contributed by atoms with E-state index in [9.17, 15) is 4.39 Å². The highest BCUT2D eigenvalue weighted by atomic mass is 19.1. The topological polar surface area (TPSA) is 58.8 Å². The minimum absolute atomic E-state index is 0.273. The third kappa shape index (κ3) is 2.60. The fourth-order valence-corrected chi connectivity index (χ4v) is 2.93. The van der Waals surface area contributed by atoms with E-state index in [4.69, 9.17) is 4.74 Å². The van der Waals surface area contributed by atoms with E-state index in [1.54, 1.807) is 23.0 Å². The number of fused-ring (bicyclic) bond motifs is 1. The molecule has 3 aromatic rings. The molecule has 1 aliphatic heterocycles. The van der Waals surface area contributed by atoms with E-state index < -0.39 is 0 Å². The number of piperazine rings is 1. The largest absolute Gasteiger partial charge is 0.494 e. The molecule has 4 rings (SSSR count). The van der Waals surface area contributed by atoms with Crippen molar-refractivity contribution in [2.24, 2.45) is 0 Å². The normalized spacial score (nSPS) is 15.1. The van der Waals surface area contributed by atoms with E-state index in [-0.39, 0.29) is 11.6 Å². The number of benzene rings is 1. The van der Waals surface area contributed by atoms with Gasteiger partial charge in [-0.1, -0.05) is 0 Å². The van der Waals surface area contributed by atoms with Gasteiger partial charge < -0.3 is 14.5 Å². The van der Waals surface area contributed by atoms with Crippen LogP contribution in [-0.2, 0) is 0 Å². The summed E-state index contributed by atoms with van der Waals surface area (Å²) in [6, 6.07) is 8.84. The van der Waals surface area contributed by atoms with Gasteiger partial charge in [-0.05, 0) is 24.3 Å². The minimum atomic E-state index is -0.341. The minimum Gasteiger partial charge on any atom is -0.494 e. The molecule has 7 nitrogen and oxygen atoms in total. The van der Waals surface area contributed by atoms with E-state index in [0.29, 0.717) is 0 Å². The predicted molar refractivity (Wildman–Crippen MR) is 88.2 cm³/mol. The lowest BCUT2D eigenvalue weighted by Crippen LogP contribution is -2.47. The van der Waals surface area contributed by atoms with Gasteiger partial charge in [0.1, 0.15) is 12.1 Å². The van der Waals surface area contributed by atoms with E-state index in [1.165, 1.54) is 13.2 Å². The van der Waals surface area contributed by atoms with E-state index >= 15 is 0 Å². The van der Waals surface area contributed by atoms with Gasteiger partial charge in [0.15, 0.2) is 17.2 Å². The molecule has 1 aliphatic rings. The summed E-state index contributed by atoms with van der Waals surface area (Å²) in [4.78, 5) is 4.44. The van der Waals surface area contributed by atoms with Crippen molar-refractivity contribution < 1.29 is 9.13 Å². The van der Waals surface area contributed by atoms with Gasteiger partial charge >= 0.3 is 0 Å². The van der Waals surface area contributed by atoms with Crippen molar-refractivity contribution in [3.05, 3.63) is 42.5 Å². The maximum Gasteiger partial charge on any atom is 0.177 e. The molecule has 0 spiro atoms. The van der Waals surface area contributed by atoms with Gasteiger partial charge in [-0.2, -0.15) is 4.52 Å². The molecule has 1 fully saturated rings. The molecule has 0 aliphatic carbocycles. The molecule has 0 amide bonds. The van der Waals surface area contributed by atoms with Crippen LogP contribution >= 0.6 is 0 Å². The Balaban J connectivity index is 1.48. The SMILES string of the molecule is COc1cc(N2CCN(c3ccc4nncn4n3)CC2)ccc1F. The van der Waals surface area contributed by atoms with Crippen molar-refractivity contribution in [3.8, 4) is 5.75 Å². The first kappa shape index (κ1) is 14.7. The zero-order valence-electron chi connectivity index (χ0n) is 13.3. The van der Waals surface area contributed by atoms with Gasteiger partial charge in [-0.15, -0.1) is 15.3 Å². The lowest BCUT2D eigenvalue weighted by atomic mass is 10.2. The Bertz CT molecular complexity index is 859. The van der Waals surface area contributed by atoms with Gasteiger partial charge in [0.2, 0.25) is 0 Å². The van der Waals surface area contributed by atoms with Crippen molar-refractivity contribution in [1.82, 2.24) is 19.8 Å². The zero-order valence-corrected chi connectivity index (χ0v) is 13.3. The van der Waals surface area contributed by atoms with Crippen molar-refractivity contribution in [3.63, 3.8) is 0 Å². The van der Waals surface area contributed by atoms with Crippen LogP contribution in [0.15, 0.2) is 36.7 Å². The van der Waals surface area contributed by atoms with Crippen LogP contribution in [0.25, 0.3) is 5.65 Å². The maximum absolute atomic E-state index is 13.5. The number of hydrogen-bond acceptors (Lipinski definition) is 6. The second-order valence-electron chi connectivity index (χ2n) is 5.62. The Morgan fingerprint density at radius 1 is 1.04 bits per heavy atom.